The summed E-state index contributed by atoms with van der Waals surface area (Å²) in [6, 6.07) is 12.3. The molecule has 3 rings (SSSR count). The fraction of sp³-hybridized carbons (Fsp3) is 0.312. The lowest BCUT2D eigenvalue weighted by Crippen LogP contribution is -2.48. The average Bonchev–Trinajstić information content (AvgIpc) is 2.94. The van der Waals surface area contributed by atoms with Gasteiger partial charge in [-0.25, -0.2) is 0 Å². The van der Waals surface area contributed by atoms with Crippen LogP contribution < -0.4 is 4.90 Å². The van der Waals surface area contributed by atoms with E-state index in [9.17, 15) is 4.79 Å². The highest BCUT2D eigenvalue weighted by Gasteiger charge is 2.22. The second-order valence-electron chi connectivity index (χ2n) is 5.18. The van der Waals surface area contributed by atoms with Gasteiger partial charge in [-0.15, -0.1) is 0 Å². The lowest BCUT2D eigenvalue weighted by molar-refractivity contribution is 0.0747. The maximum Gasteiger partial charge on any atom is 0.255 e. The summed E-state index contributed by atoms with van der Waals surface area (Å²) < 4.78 is 1.91. The first-order valence-electron chi connectivity index (χ1n) is 6.95. The van der Waals surface area contributed by atoms with Crippen molar-refractivity contribution in [3.63, 3.8) is 0 Å². The van der Waals surface area contributed by atoms with E-state index < -0.39 is 0 Å². The number of para-hydroxylation sites is 1. The maximum atomic E-state index is 12.4. The number of rotatable bonds is 2. The molecule has 2 heterocycles. The van der Waals surface area contributed by atoms with Crippen LogP contribution in [0.25, 0.3) is 0 Å². The normalized spacial score (nSPS) is 15.4. The highest BCUT2D eigenvalue weighted by molar-refractivity contribution is 5.94. The van der Waals surface area contributed by atoms with Crippen LogP contribution in [0.1, 0.15) is 10.4 Å². The molecule has 20 heavy (non-hydrogen) atoms. The molecule has 0 bridgehead atoms. The van der Waals surface area contributed by atoms with Gasteiger partial charge in [0.05, 0.1) is 5.56 Å². The maximum absolute atomic E-state index is 12.4. The monoisotopic (exact) mass is 269 g/mol. The highest BCUT2D eigenvalue weighted by Crippen LogP contribution is 2.16. The third kappa shape index (κ3) is 2.54. The van der Waals surface area contributed by atoms with Crippen LogP contribution in [0.3, 0.4) is 0 Å². The second-order valence-corrected chi connectivity index (χ2v) is 5.18. The van der Waals surface area contributed by atoms with Crippen LogP contribution in [-0.4, -0.2) is 41.6 Å². The molecule has 0 radical (unpaired) electrons. The Labute approximate surface area is 119 Å². The van der Waals surface area contributed by atoms with Gasteiger partial charge in [0.25, 0.3) is 5.91 Å². The topological polar surface area (TPSA) is 28.5 Å². The number of hydrogen-bond acceptors (Lipinski definition) is 2. The summed E-state index contributed by atoms with van der Waals surface area (Å²) in [6.45, 7) is 3.34. The van der Waals surface area contributed by atoms with E-state index in [0.717, 1.165) is 31.7 Å². The van der Waals surface area contributed by atoms with Gasteiger partial charge in [-0.05, 0) is 18.2 Å². The number of aromatic nitrogens is 1. The number of hydrogen-bond donors (Lipinski definition) is 0. The third-order valence-electron chi connectivity index (χ3n) is 3.77. The molecule has 1 saturated heterocycles. The lowest BCUT2D eigenvalue weighted by Gasteiger charge is -2.36. The first kappa shape index (κ1) is 12.8. The Morgan fingerprint density at radius 1 is 1.00 bits per heavy atom. The number of nitrogens with zero attached hydrogens (tertiary/aromatic N) is 3. The Kier molecular flexibility index (Phi) is 3.46. The van der Waals surface area contributed by atoms with Crippen molar-refractivity contribution in [2.45, 2.75) is 0 Å². The molecule has 0 saturated carbocycles. The summed E-state index contributed by atoms with van der Waals surface area (Å²) >= 11 is 0. The van der Waals surface area contributed by atoms with Gasteiger partial charge >= 0.3 is 0 Å². The van der Waals surface area contributed by atoms with Gasteiger partial charge in [-0.2, -0.15) is 0 Å². The summed E-state index contributed by atoms with van der Waals surface area (Å²) in [5.41, 5.74) is 2.01. The number of anilines is 1. The minimum Gasteiger partial charge on any atom is -0.368 e. The molecule has 0 aliphatic carbocycles. The van der Waals surface area contributed by atoms with Crippen LogP contribution in [0.15, 0.2) is 48.8 Å². The van der Waals surface area contributed by atoms with Gasteiger partial charge in [-0.1, -0.05) is 18.2 Å². The zero-order chi connectivity index (χ0) is 13.9. The van der Waals surface area contributed by atoms with Crippen molar-refractivity contribution in [3.8, 4) is 0 Å². The molecule has 104 valence electrons. The lowest BCUT2D eigenvalue weighted by atomic mass is 10.2. The van der Waals surface area contributed by atoms with Crippen LogP contribution in [0.4, 0.5) is 5.69 Å². The van der Waals surface area contributed by atoms with Crippen LogP contribution in [-0.2, 0) is 7.05 Å². The fourth-order valence-corrected chi connectivity index (χ4v) is 2.62. The first-order chi connectivity index (χ1) is 9.74. The first-order valence-corrected chi connectivity index (χ1v) is 6.95. The standard InChI is InChI=1S/C16H19N3O/c1-17-8-7-14(13-17)16(20)19-11-9-18(10-12-19)15-5-3-2-4-6-15/h2-8,13H,9-12H2,1H3. The van der Waals surface area contributed by atoms with Crippen LogP contribution in [0.5, 0.6) is 0 Å². The van der Waals surface area contributed by atoms with Crippen LogP contribution in [0.2, 0.25) is 0 Å². The molecular weight excluding hydrogens is 250 g/mol. The summed E-state index contributed by atoms with van der Waals surface area (Å²) in [4.78, 5) is 16.6. The van der Waals surface area contributed by atoms with E-state index in [-0.39, 0.29) is 5.91 Å². The Morgan fingerprint density at radius 3 is 2.30 bits per heavy atom. The Hall–Kier alpha value is -2.23. The molecule has 1 fully saturated rings. The Bertz CT molecular complexity index is 583. The molecule has 4 nitrogen and oxygen atoms in total. The zero-order valence-corrected chi connectivity index (χ0v) is 11.7. The minimum atomic E-state index is 0.137. The zero-order valence-electron chi connectivity index (χ0n) is 11.7. The summed E-state index contributed by atoms with van der Waals surface area (Å²) in [5, 5.41) is 0. The van der Waals surface area contributed by atoms with E-state index in [1.165, 1.54) is 5.69 Å². The van der Waals surface area contributed by atoms with E-state index in [4.69, 9.17) is 0 Å². The molecule has 0 N–H and O–H groups in total. The van der Waals surface area contributed by atoms with Crippen molar-refractivity contribution in [2.75, 3.05) is 31.1 Å². The molecule has 1 aromatic carbocycles. The quantitative estimate of drug-likeness (QED) is 0.834. The van der Waals surface area contributed by atoms with Crippen molar-refractivity contribution in [3.05, 3.63) is 54.4 Å². The van der Waals surface area contributed by atoms with E-state index in [0.29, 0.717) is 0 Å². The predicted octanol–water partition coefficient (Wildman–Crippen LogP) is 1.99. The molecule has 1 amide bonds. The molecule has 1 aliphatic rings. The molecule has 0 unspecified atom stereocenters. The molecule has 0 atom stereocenters. The van der Waals surface area contributed by atoms with Crippen molar-refractivity contribution >= 4 is 11.6 Å². The number of benzene rings is 1. The largest absolute Gasteiger partial charge is 0.368 e. The molecule has 0 spiro atoms. The third-order valence-corrected chi connectivity index (χ3v) is 3.77. The summed E-state index contributed by atoms with van der Waals surface area (Å²) in [6.07, 6.45) is 3.79. The van der Waals surface area contributed by atoms with Crippen LogP contribution >= 0.6 is 0 Å². The van der Waals surface area contributed by atoms with Gasteiger partial charge in [0.15, 0.2) is 0 Å². The van der Waals surface area contributed by atoms with Gasteiger partial charge in [0.2, 0.25) is 0 Å². The summed E-state index contributed by atoms with van der Waals surface area (Å²) in [5.74, 6) is 0.137. The van der Waals surface area contributed by atoms with Gasteiger partial charge in [0.1, 0.15) is 0 Å². The highest BCUT2D eigenvalue weighted by atomic mass is 16.2. The number of piperazine rings is 1. The molecule has 4 heteroatoms. The van der Waals surface area contributed by atoms with E-state index in [1.807, 2.05) is 41.0 Å². The number of aryl methyl sites for hydroxylation is 1. The SMILES string of the molecule is Cn1ccc(C(=O)N2CCN(c3ccccc3)CC2)c1. The van der Waals surface area contributed by atoms with Crippen LogP contribution in [0, 0.1) is 0 Å². The van der Waals surface area contributed by atoms with Crippen molar-refractivity contribution in [1.29, 1.82) is 0 Å². The van der Waals surface area contributed by atoms with Gasteiger partial charge < -0.3 is 14.4 Å². The number of carbonyl (C=O) groups is 1. The Balaban J connectivity index is 1.63. The fourth-order valence-electron chi connectivity index (χ4n) is 2.62. The second kappa shape index (κ2) is 5.41. The molecule has 1 aromatic heterocycles. The van der Waals surface area contributed by atoms with Crippen molar-refractivity contribution in [2.24, 2.45) is 7.05 Å². The van der Waals surface area contributed by atoms with Crippen molar-refractivity contribution < 1.29 is 4.79 Å². The van der Waals surface area contributed by atoms with Gasteiger partial charge in [-0.3, -0.25) is 4.79 Å². The molecule has 2 aromatic rings. The van der Waals surface area contributed by atoms with E-state index in [2.05, 4.69) is 29.2 Å². The van der Waals surface area contributed by atoms with Crippen molar-refractivity contribution in [1.82, 2.24) is 9.47 Å². The number of carbonyl (C=O) groups excluding carboxylic acids is 1. The van der Waals surface area contributed by atoms with E-state index >= 15 is 0 Å². The molecule has 1 aliphatic heterocycles. The van der Waals surface area contributed by atoms with Gasteiger partial charge in [0, 0.05) is 51.3 Å². The summed E-state index contributed by atoms with van der Waals surface area (Å²) in [7, 11) is 1.93. The average molecular weight is 269 g/mol. The smallest absolute Gasteiger partial charge is 0.255 e. The Morgan fingerprint density at radius 2 is 1.70 bits per heavy atom. The minimum absolute atomic E-state index is 0.137. The predicted molar refractivity (Wildman–Crippen MR) is 80.0 cm³/mol. The molecular formula is C16H19N3O. The van der Waals surface area contributed by atoms with E-state index in [1.54, 1.807) is 0 Å². The number of amides is 1.